The molecule has 1 aliphatic carbocycles. The predicted molar refractivity (Wildman–Crippen MR) is 57.0 cm³/mol. The molecular weight excluding hydrogens is 228 g/mol. The van der Waals surface area contributed by atoms with Crippen LogP contribution >= 0.6 is 15.9 Å². The van der Waals surface area contributed by atoms with Crippen molar-refractivity contribution in [1.82, 2.24) is 0 Å². The van der Waals surface area contributed by atoms with E-state index in [0.29, 0.717) is 6.10 Å². The maximum absolute atomic E-state index is 5.83. The van der Waals surface area contributed by atoms with Crippen LogP contribution in [0.4, 0.5) is 0 Å². The third-order valence-electron chi connectivity index (χ3n) is 2.40. The van der Waals surface area contributed by atoms with E-state index in [1.54, 1.807) is 0 Å². The summed E-state index contributed by atoms with van der Waals surface area (Å²) in [6, 6.07) is 8.07. The van der Waals surface area contributed by atoms with E-state index in [0.717, 1.165) is 10.2 Å². The largest absolute Gasteiger partial charge is 0.490 e. The van der Waals surface area contributed by atoms with Gasteiger partial charge in [0.1, 0.15) is 5.75 Å². The van der Waals surface area contributed by atoms with E-state index in [4.69, 9.17) is 4.74 Å². The lowest BCUT2D eigenvalue weighted by Crippen LogP contribution is -2.10. The molecule has 1 fully saturated rings. The average Bonchev–Trinajstić information content (AvgIpc) is 2.57. The summed E-state index contributed by atoms with van der Waals surface area (Å²) in [6.45, 7) is 0. The third kappa shape index (κ3) is 2.47. The fraction of sp³-hybridized carbons (Fsp3) is 0.455. The van der Waals surface area contributed by atoms with Crippen LogP contribution in [0, 0.1) is 0 Å². The van der Waals surface area contributed by atoms with Crippen LogP contribution in [0.2, 0.25) is 0 Å². The Bertz CT molecular complexity index is 279. The molecule has 0 spiro atoms. The molecule has 0 atom stereocenters. The molecule has 0 unspecified atom stereocenters. The van der Waals surface area contributed by atoms with Crippen molar-refractivity contribution in [2.45, 2.75) is 31.8 Å². The average molecular weight is 241 g/mol. The van der Waals surface area contributed by atoms with Crippen LogP contribution in [0.15, 0.2) is 28.7 Å². The molecule has 0 radical (unpaired) electrons. The molecule has 1 aliphatic rings. The van der Waals surface area contributed by atoms with Gasteiger partial charge >= 0.3 is 0 Å². The molecule has 0 N–H and O–H groups in total. The van der Waals surface area contributed by atoms with Crippen molar-refractivity contribution < 1.29 is 4.74 Å². The molecular formula is C11H13BrO. The monoisotopic (exact) mass is 240 g/mol. The van der Waals surface area contributed by atoms with E-state index in [2.05, 4.69) is 15.9 Å². The maximum atomic E-state index is 5.83. The van der Waals surface area contributed by atoms with Gasteiger partial charge < -0.3 is 4.74 Å². The fourth-order valence-electron chi connectivity index (χ4n) is 1.74. The number of hydrogen-bond donors (Lipinski definition) is 0. The normalized spacial score (nSPS) is 17.6. The summed E-state index contributed by atoms with van der Waals surface area (Å²) < 4.78 is 6.91. The molecule has 13 heavy (non-hydrogen) atoms. The van der Waals surface area contributed by atoms with Gasteiger partial charge in [-0.2, -0.15) is 0 Å². The van der Waals surface area contributed by atoms with Crippen LogP contribution in [-0.2, 0) is 0 Å². The topological polar surface area (TPSA) is 9.23 Å². The highest BCUT2D eigenvalue weighted by molar-refractivity contribution is 9.10. The molecule has 0 heterocycles. The van der Waals surface area contributed by atoms with Gasteiger partial charge in [0, 0.05) is 4.47 Å². The SMILES string of the molecule is Brc1cccc(OC2CCCC2)c1. The Morgan fingerprint density at radius 3 is 2.69 bits per heavy atom. The Kier molecular flexibility index (Phi) is 2.89. The number of halogens is 1. The molecule has 1 aromatic rings. The van der Waals surface area contributed by atoms with Crippen LogP contribution in [0.1, 0.15) is 25.7 Å². The van der Waals surface area contributed by atoms with Gasteiger partial charge in [-0.15, -0.1) is 0 Å². The molecule has 2 heteroatoms. The third-order valence-corrected chi connectivity index (χ3v) is 2.89. The van der Waals surface area contributed by atoms with Gasteiger partial charge in [-0.1, -0.05) is 22.0 Å². The van der Waals surface area contributed by atoms with Gasteiger partial charge in [0.05, 0.1) is 6.10 Å². The van der Waals surface area contributed by atoms with Crippen LogP contribution in [-0.4, -0.2) is 6.10 Å². The summed E-state index contributed by atoms with van der Waals surface area (Å²) >= 11 is 3.43. The van der Waals surface area contributed by atoms with E-state index in [1.807, 2.05) is 24.3 Å². The minimum absolute atomic E-state index is 0.453. The molecule has 0 aromatic heterocycles. The molecule has 70 valence electrons. The van der Waals surface area contributed by atoms with E-state index in [1.165, 1.54) is 25.7 Å². The fourth-order valence-corrected chi connectivity index (χ4v) is 2.12. The van der Waals surface area contributed by atoms with Gasteiger partial charge in [0.25, 0.3) is 0 Å². The first-order valence-electron chi connectivity index (χ1n) is 4.77. The molecule has 0 amide bonds. The second-order valence-corrected chi connectivity index (χ2v) is 4.40. The Morgan fingerprint density at radius 1 is 1.23 bits per heavy atom. The van der Waals surface area contributed by atoms with Crippen molar-refractivity contribution in [3.05, 3.63) is 28.7 Å². The second kappa shape index (κ2) is 4.14. The van der Waals surface area contributed by atoms with Gasteiger partial charge in [0.15, 0.2) is 0 Å². The first-order valence-corrected chi connectivity index (χ1v) is 5.56. The van der Waals surface area contributed by atoms with Gasteiger partial charge in [-0.3, -0.25) is 0 Å². The van der Waals surface area contributed by atoms with E-state index in [-0.39, 0.29) is 0 Å². The molecule has 0 bridgehead atoms. The zero-order valence-corrected chi connectivity index (χ0v) is 9.09. The van der Waals surface area contributed by atoms with Gasteiger partial charge in [-0.25, -0.2) is 0 Å². The zero-order valence-electron chi connectivity index (χ0n) is 7.50. The molecule has 0 aliphatic heterocycles. The maximum Gasteiger partial charge on any atom is 0.120 e. The smallest absolute Gasteiger partial charge is 0.120 e. The first-order chi connectivity index (χ1) is 6.34. The minimum Gasteiger partial charge on any atom is -0.490 e. The lowest BCUT2D eigenvalue weighted by atomic mass is 10.3. The number of ether oxygens (including phenoxy) is 1. The van der Waals surface area contributed by atoms with E-state index >= 15 is 0 Å². The lowest BCUT2D eigenvalue weighted by Gasteiger charge is -2.12. The summed E-state index contributed by atoms with van der Waals surface area (Å²) in [5.41, 5.74) is 0. The summed E-state index contributed by atoms with van der Waals surface area (Å²) in [5.74, 6) is 0.987. The van der Waals surface area contributed by atoms with Crippen molar-refractivity contribution >= 4 is 15.9 Å². The molecule has 2 rings (SSSR count). The van der Waals surface area contributed by atoms with Crippen molar-refractivity contribution in [3.63, 3.8) is 0 Å². The van der Waals surface area contributed by atoms with Crippen molar-refractivity contribution in [1.29, 1.82) is 0 Å². The highest BCUT2D eigenvalue weighted by atomic mass is 79.9. The summed E-state index contributed by atoms with van der Waals surface area (Å²) in [5, 5.41) is 0. The lowest BCUT2D eigenvalue weighted by molar-refractivity contribution is 0.210. The summed E-state index contributed by atoms with van der Waals surface area (Å²) in [4.78, 5) is 0. The van der Waals surface area contributed by atoms with Gasteiger partial charge in [0.2, 0.25) is 0 Å². The Hall–Kier alpha value is -0.500. The number of benzene rings is 1. The molecule has 1 nitrogen and oxygen atoms in total. The Morgan fingerprint density at radius 2 is 2.00 bits per heavy atom. The second-order valence-electron chi connectivity index (χ2n) is 3.48. The highest BCUT2D eigenvalue weighted by Crippen LogP contribution is 2.25. The first kappa shape index (κ1) is 9.07. The van der Waals surface area contributed by atoms with E-state index < -0.39 is 0 Å². The van der Waals surface area contributed by atoms with Crippen molar-refractivity contribution in [2.75, 3.05) is 0 Å². The predicted octanol–water partition coefficient (Wildman–Crippen LogP) is 3.77. The van der Waals surface area contributed by atoms with Crippen LogP contribution in [0.3, 0.4) is 0 Å². The minimum atomic E-state index is 0.453. The highest BCUT2D eigenvalue weighted by Gasteiger charge is 2.16. The van der Waals surface area contributed by atoms with Crippen LogP contribution < -0.4 is 4.74 Å². The van der Waals surface area contributed by atoms with Crippen molar-refractivity contribution in [2.24, 2.45) is 0 Å². The van der Waals surface area contributed by atoms with Crippen LogP contribution in [0.5, 0.6) is 5.75 Å². The van der Waals surface area contributed by atoms with Gasteiger partial charge in [-0.05, 0) is 43.9 Å². The quantitative estimate of drug-likeness (QED) is 0.765. The Labute approximate surface area is 87.2 Å². The number of rotatable bonds is 2. The number of hydrogen-bond acceptors (Lipinski definition) is 1. The van der Waals surface area contributed by atoms with E-state index in [9.17, 15) is 0 Å². The Balaban J connectivity index is 2.00. The van der Waals surface area contributed by atoms with Crippen LogP contribution in [0.25, 0.3) is 0 Å². The zero-order chi connectivity index (χ0) is 9.10. The standard InChI is InChI=1S/C11H13BrO/c12-9-4-3-7-11(8-9)13-10-5-1-2-6-10/h3-4,7-8,10H,1-2,5-6H2. The summed E-state index contributed by atoms with van der Waals surface area (Å²) in [7, 11) is 0. The van der Waals surface area contributed by atoms with Crippen molar-refractivity contribution in [3.8, 4) is 5.75 Å². The molecule has 0 saturated heterocycles. The molecule has 1 saturated carbocycles. The summed E-state index contributed by atoms with van der Waals surface area (Å²) in [6.07, 6.45) is 5.52. The molecule has 1 aromatic carbocycles.